The molecule has 2 heterocycles. The van der Waals surface area contributed by atoms with E-state index in [2.05, 4.69) is 14.9 Å². The molecule has 20 heavy (non-hydrogen) atoms. The van der Waals surface area contributed by atoms with Gasteiger partial charge in [0.1, 0.15) is 10.6 Å². The van der Waals surface area contributed by atoms with Crippen LogP contribution in [0, 0.1) is 13.8 Å². The predicted molar refractivity (Wildman–Crippen MR) is 73.6 cm³/mol. The lowest BCUT2D eigenvalue weighted by Crippen LogP contribution is -2.41. The molecule has 0 fully saturated rings. The normalized spacial score (nSPS) is 12.6. The van der Waals surface area contributed by atoms with Gasteiger partial charge in [-0.25, -0.2) is 8.42 Å². The van der Waals surface area contributed by atoms with Crippen molar-refractivity contribution in [3.63, 3.8) is 0 Å². The van der Waals surface area contributed by atoms with Gasteiger partial charge in [0.05, 0.1) is 11.2 Å². The Balaban J connectivity index is 2.39. The van der Waals surface area contributed by atoms with Crippen LogP contribution in [0.15, 0.2) is 33.8 Å². The Morgan fingerprint density at radius 3 is 2.45 bits per heavy atom. The van der Waals surface area contributed by atoms with Crippen molar-refractivity contribution < 1.29 is 12.9 Å². The number of nitrogens with zero attached hydrogens (tertiary/aromatic N) is 2. The van der Waals surface area contributed by atoms with E-state index in [0.29, 0.717) is 11.4 Å². The maximum atomic E-state index is 12.5. The molecule has 2 aromatic heterocycles. The summed E-state index contributed by atoms with van der Waals surface area (Å²) in [4.78, 5) is 4.28. The number of aryl methyl sites for hydroxylation is 2. The SMILES string of the molecule is Cc1noc(C)c1S(=O)(=O)NC(C)(C)c1ccccn1. The van der Waals surface area contributed by atoms with E-state index in [-0.39, 0.29) is 10.7 Å². The Morgan fingerprint density at radius 1 is 1.25 bits per heavy atom. The minimum absolute atomic E-state index is 0.0847. The molecular formula is C13H17N3O3S. The van der Waals surface area contributed by atoms with Crippen LogP contribution in [0.5, 0.6) is 0 Å². The molecule has 0 aliphatic carbocycles. The summed E-state index contributed by atoms with van der Waals surface area (Å²) in [5.74, 6) is 0.270. The van der Waals surface area contributed by atoms with Crippen molar-refractivity contribution in [2.45, 2.75) is 38.1 Å². The summed E-state index contributed by atoms with van der Waals surface area (Å²) in [5, 5.41) is 3.68. The summed E-state index contributed by atoms with van der Waals surface area (Å²) < 4.78 is 32.5. The summed E-state index contributed by atoms with van der Waals surface area (Å²) >= 11 is 0. The van der Waals surface area contributed by atoms with Gasteiger partial charge in [-0.15, -0.1) is 0 Å². The summed E-state index contributed by atoms with van der Waals surface area (Å²) in [5.41, 5.74) is 0.137. The monoisotopic (exact) mass is 295 g/mol. The highest BCUT2D eigenvalue weighted by molar-refractivity contribution is 7.89. The molecule has 7 heteroatoms. The van der Waals surface area contributed by atoms with Gasteiger partial charge < -0.3 is 4.52 Å². The molecule has 2 rings (SSSR count). The van der Waals surface area contributed by atoms with Gasteiger partial charge in [0.25, 0.3) is 0 Å². The second-order valence-electron chi connectivity index (χ2n) is 5.10. The van der Waals surface area contributed by atoms with Crippen LogP contribution in [0.25, 0.3) is 0 Å². The second-order valence-corrected chi connectivity index (χ2v) is 6.72. The summed E-state index contributed by atoms with van der Waals surface area (Å²) in [6, 6.07) is 5.37. The third-order valence-electron chi connectivity index (χ3n) is 2.93. The van der Waals surface area contributed by atoms with Crippen LogP contribution in [0.3, 0.4) is 0 Å². The van der Waals surface area contributed by atoms with Crippen LogP contribution in [0.4, 0.5) is 0 Å². The van der Waals surface area contributed by atoms with E-state index >= 15 is 0 Å². The molecule has 0 spiro atoms. The Bertz CT molecular complexity index is 686. The van der Waals surface area contributed by atoms with E-state index in [9.17, 15) is 8.42 Å². The molecule has 0 saturated carbocycles. The van der Waals surface area contributed by atoms with Crippen molar-refractivity contribution in [3.8, 4) is 0 Å². The van der Waals surface area contributed by atoms with Gasteiger partial charge in [-0.05, 0) is 39.8 Å². The maximum Gasteiger partial charge on any atom is 0.246 e. The lowest BCUT2D eigenvalue weighted by molar-refractivity contribution is 0.390. The Kier molecular flexibility index (Phi) is 3.66. The fourth-order valence-corrected chi connectivity index (χ4v) is 3.75. The van der Waals surface area contributed by atoms with E-state index < -0.39 is 15.6 Å². The molecule has 1 N–H and O–H groups in total. The van der Waals surface area contributed by atoms with Crippen LogP contribution in [-0.2, 0) is 15.6 Å². The van der Waals surface area contributed by atoms with E-state index in [4.69, 9.17) is 4.52 Å². The molecule has 0 saturated heterocycles. The number of aromatic nitrogens is 2. The van der Waals surface area contributed by atoms with E-state index in [1.165, 1.54) is 0 Å². The zero-order valence-electron chi connectivity index (χ0n) is 11.8. The van der Waals surface area contributed by atoms with E-state index in [1.807, 2.05) is 6.07 Å². The van der Waals surface area contributed by atoms with Crippen molar-refractivity contribution in [3.05, 3.63) is 41.5 Å². The largest absolute Gasteiger partial charge is 0.360 e. The Hall–Kier alpha value is -1.73. The quantitative estimate of drug-likeness (QED) is 0.931. The molecule has 0 aliphatic rings. The minimum Gasteiger partial charge on any atom is -0.360 e. The molecule has 0 radical (unpaired) electrons. The number of nitrogens with one attached hydrogen (secondary N) is 1. The number of rotatable bonds is 4. The first-order valence-corrected chi connectivity index (χ1v) is 7.61. The number of sulfonamides is 1. The van der Waals surface area contributed by atoms with Gasteiger partial charge in [-0.2, -0.15) is 4.72 Å². The zero-order valence-corrected chi connectivity index (χ0v) is 12.7. The number of hydrogen-bond donors (Lipinski definition) is 1. The topological polar surface area (TPSA) is 85.1 Å². The summed E-state index contributed by atoms with van der Waals surface area (Å²) in [6.07, 6.45) is 1.63. The first-order chi connectivity index (χ1) is 9.24. The molecule has 0 atom stereocenters. The molecule has 6 nitrogen and oxygen atoms in total. The number of pyridine rings is 1. The van der Waals surface area contributed by atoms with Crippen molar-refractivity contribution in [2.75, 3.05) is 0 Å². The van der Waals surface area contributed by atoms with Crippen LogP contribution in [0.2, 0.25) is 0 Å². The molecule has 2 aromatic rings. The predicted octanol–water partition coefficient (Wildman–Crippen LogP) is 1.90. The lowest BCUT2D eigenvalue weighted by Gasteiger charge is -2.25. The highest BCUT2D eigenvalue weighted by Crippen LogP contribution is 2.24. The van der Waals surface area contributed by atoms with Crippen LogP contribution >= 0.6 is 0 Å². The van der Waals surface area contributed by atoms with Gasteiger partial charge >= 0.3 is 0 Å². The van der Waals surface area contributed by atoms with Crippen LogP contribution in [0.1, 0.15) is 31.0 Å². The van der Waals surface area contributed by atoms with Crippen molar-refractivity contribution in [2.24, 2.45) is 0 Å². The smallest absolute Gasteiger partial charge is 0.246 e. The molecule has 0 aliphatic heterocycles. The number of hydrogen-bond acceptors (Lipinski definition) is 5. The van der Waals surface area contributed by atoms with E-state index in [0.717, 1.165) is 0 Å². The zero-order chi connectivity index (χ0) is 15.0. The van der Waals surface area contributed by atoms with Gasteiger partial charge in [0.2, 0.25) is 10.0 Å². The maximum absolute atomic E-state index is 12.5. The second kappa shape index (κ2) is 4.99. The van der Waals surface area contributed by atoms with Gasteiger partial charge in [0.15, 0.2) is 5.76 Å². The fraction of sp³-hybridized carbons (Fsp3) is 0.385. The minimum atomic E-state index is -3.73. The lowest BCUT2D eigenvalue weighted by atomic mass is 10.0. The Morgan fingerprint density at radius 2 is 1.95 bits per heavy atom. The highest BCUT2D eigenvalue weighted by Gasteiger charge is 2.32. The van der Waals surface area contributed by atoms with E-state index in [1.54, 1.807) is 46.0 Å². The van der Waals surface area contributed by atoms with Crippen LogP contribution < -0.4 is 4.72 Å². The first kappa shape index (κ1) is 14.7. The molecule has 0 aromatic carbocycles. The van der Waals surface area contributed by atoms with Crippen LogP contribution in [-0.4, -0.2) is 18.6 Å². The summed E-state index contributed by atoms with van der Waals surface area (Å²) in [6.45, 7) is 6.68. The molecule has 0 bridgehead atoms. The van der Waals surface area contributed by atoms with Crippen molar-refractivity contribution in [1.29, 1.82) is 0 Å². The standard InChI is InChI=1S/C13H17N3O3S/c1-9-12(10(2)19-15-9)20(17,18)16-13(3,4)11-7-5-6-8-14-11/h5-8,16H,1-4H3. The Labute approximate surface area is 118 Å². The summed E-state index contributed by atoms with van der Waals surface area (Å²) in [7, 11) is -3.73. The van der Waals surface area contributed by atoms with Gasteiger partial charge in [0, 0.05) is 6.20 Å². The van der Waals surface area contributed by atoms with Crippen molar-refractivity contribution >= 4 is 10.0 Å². The van der Waals surface area contributed by atoms with Crippen molar-refractivity contribution in [1.82, 2.24) is 14.9 Å². The first-order valence-electron chi connectivity index (χ1n) is 6.12. The van der Waals surface area contributed by atoms with Gasteiger partial charge in [-0.1, -0.05) is 11.2 Å². The third kappa shape index (κ3) is 2.73. The molecule has 108 valence electrons. The average Bonchev–Trinajstić information content (AvgIpc) is 2.69. The molecule has 0 amide bonds. The van der Waals surface area contributed by atoms with Gasteiger partial charge in [-0.3, -0.25) is 4.98 Å². The average molecular weight is 295 g/mol. The fourth-order valence-electron chi connectivity index (χ4n) is 2.03. The molecular weight excluding hydrogens is 278 g/mol. The molecule has 0 unspecified atom stereocenters. The third-order valence-corrected chi connectivity index (χ3v) is 4.83. The highest BCUT2D eigenvalue weighted by atomic mass is 32.2.